The average Bonchev–Trinajstić information content (AvgIpc) is 2.78. The van der Waals surface area contributed by atoms with Crippen LogP contribution >= 0.6 is 0 Å². The number of nitrogens with one attached hydrogen (secondary N) is 1. The molecule has 1 N–H and O–H groups in total. The third kappa shape index (κ3) is 2.80. The first-order chi connectivity index (χ1) is 9.34. The second kappa shape index (κ2) is 5.72. The lowest BCUT2D eigenvalue weighted by Gasteiger charge is -2.22. The number of hydrogen-bond acceptors (Lipinski definition) is 3. The molecular weight excluding hydrogens is 238 g/mol. The van der Waals surface area contributed by atoms with Crippen molar-refractivity contribution in [1.29, 1.82) is 0 Å². The van der Waals surface area contributed by atoms with Gasteiger partial charge in [0.05, 0.1) is 17.8 Å². The van der Waals surface area contributed by atoms with E-state index >= 15 is 0 Å². The van der Waals surface area contributed by atoms with Crippen molar-refractivity contribution in [2.45, 2.75) is 19.4 Å². The molecule has 1 saturated heterocycles. The van der Waals surface area contributed by atoms with Crippen LogP contribution in [0.2, 0.25) is 0 Å². The fourth-order valence-electron chi connectivity index (χ4n) is 2.78. The largest absolute Gasteiger partial charge is 0.381 e. The Kier molecular flexibility index (Phi) is 3.80. The average molecular weight is 259 g/mol. The third-order valence-corrected chi connectivity index (χ3v) is 3.81. The summed E-state index contributed by atoms with van der Waals surface area (Å²) >= 11 is 0. The van der Waals surface area contributed by atoms with E-state index in [-0.39, 0.29) is 0 Å². The van der Waals surface area contributed by atoms with Gasteiger partial charge in [0, 0.05) is 32.1 Å². The van der Waals surface area contributed by atoms with Crippen LogP contribution < -0.4 is 5.32 Å². The Labute approximate surface area is 113 Å². The molecule has 102 valence electrons. The summed E-state index contributed by atoms with van der Waals surface area (Å²) in [5.41, 5.74) is 2.33. The zero-order valence-corrected chi connectivity index (χ0v) is 11.4. The lowest BCUT2D eigenvalue weighted by atomic mass is 10.0. The van der Waals surface area contributed by atoms with Crippen molar-refractivity contribution in [1.82, 2.24) is 15.1 Å². The normalized spacial score (nSPS) is 19.9. The molecule has 2 heterocycles. The summed E-state index contributed by atoms with van der Waals surface area (Å²) in [5.74, 6) is 0.656. The first kappa shape index (κ1) is 12.6. The summed E-state index contributed by atoms with van der Waals surface area (Å²) in [6, 6.07) is 8.38. The Morgan fingerprint density at radius 2 is 2.32 bits per heavy atom. The van der Waals surface area contributed by atoms with Gasteiger partial charge in [-0.25, -0.2) is 0 Å². The Morgan fingerprint density at radius 1 is 1.42 bits per heavy atom. The number of hydrogen-bond donors (Lipinski definition) is 1. The molecule has 19 heavy (non-hydrogen) atoms. The van der Waals surface area contributed by atoms with Crippen molar-refractivity contribution in [3.8, 4) is 0 Å². The van der Waals surface area contributed by atoms with Gasteiger partial charge >= 0.3 is 0 Å². The molecule has 2 aromatic rings. The number of aryl methyl sites for hydroxylation is 1. The second-order valence-electron chi connectivity index (χ2n) is 5.30. The van der Waals surface area contributed by atoms with Crippen molar-refractivity contribution in [2.24, 2.45) is 13.0 Å². The van der Waals surface area contributed by atoms with E-state index in [9.17, 15) is 0 Å². The maximum atomic E-state index is 5.50. The second-order valence-corrected chi connectivity index (χ2v) is 5.30. The Hall–Kier alpha value is -1.39. The highest BCUT2D eigenvalue weighted by atomic mass is 16.5. The number of ether oxygens (including phenoxy) is 1. The van der Waals surface area contributed by atoms with E-state index in [1.165, 1.54) is 23.7 Å². The molecule has 1 aromatic heterocycles. The number of aromatic nitrogens is 2. The van der Waals surface area contributed by atoms with Crippen molar-refractivity contribution in [2.75, 3.05) is 19.8 Å². The van der Waals surface area contributed by atoms with Crippen LogP contribution in [-0.2, 0) is 18.3 Å². The van der Waals surface area contributed by atoms with E-state index < -0.39 is 0 Å². The summed E-state index contributed by atoms with van der Waals surface area (Å²) < 4.78 is 7.45. The topological polar surface area (TPSA) is 39.1 Å². The van der Waals surface area contributed by atoms with Gasteiger partial charge in [-0.3, -0.25) is 4.68 Å². The maximum Gasteiger partial charge on any atom is 0.0841 e. The highest BCUT2D eigenvalue weighted by molar-refractivity contribution is 5.81. The highest BCUT2D eigenvalue weighted by Gasteiger charge is 2.14. The number of para-hydroxylation sites is 1. The van der Waals surface area contributed by atoms with Crippen LogP contribution in [0, 0.1) is 5.92 Å². The molecule has 0 radical (unpaired) electrons. The van der Waals surface area contributed by atoms with Gasteiger partial charge in [0.1, 0.15) is 0 Å². The van der Waals surface area contributed by atoms with Crippen molar-refractivity contribution in [3.05, 3.63) is 30.0 Å². The van der Waals surface area contributed by atoms with E-state index in [2.05, 4.69) is 34.7 Å². The number of nitrogens with zero attached hydrogens (tertiary/aromatic N) is 2. The van der Waals surface area contributed by atoms with Gasteiger partial charge in [0.25, 0.3) is 0 Å². The summed E-state index contributed by atoms with van der Waals surface area (Å²) in [7, 11) is 2.00. The number of benzene rings is 1. The predicted molar refractivity (Wildman–Crippen MR) is 76.0 cm³/mol. The predicted octanol–water partition coefficient (Wildman–Crippen LogP) is 2.09. The summed E-state index contributed by atoms with van der Waals surface area (Å²) in [6.45, 7) is 3.68. The monoisotopic (exact) mass is 259 g/mol. The first-order valence-corrected chi connectivity index (χ1v) is 7.03. The van der Waals surface area contributed by atoms with Gasteiger partial charge < -0.3 is 10.1 Å². The molecule has 3 rings (SSSR count). The molecule has 1 unspecified atom stereocenters. The van der Waals surface area contributed by atoms with Crippen LogP contribution in [0.1, 0.15) is 18.5 Å². The van der Waals surface area contributed by atoms with Gasteiger partial charge in [-0.1, -0.05) is 18.2 Å². The summed E-state index contributed by atoms with van der Waals surface area (Å²) in [6.07, 6.45) is 2.47. The van der Waals surface area contributed by atoms with E-state index in [0.29, 0.717) is 5.92 Å². The number of rotatable bonds is 4. The van der Waals surface area contributed by atoms with Gasteiger partial charge in [0.2, 0.25) is 0 Å². The Balaban J connectivity index is 1.62. The molecule has 4 heteroatoms. The maximum absolute atomic E-state index is 5.50. The molecule has 1 aliphatic rings. The Bertz CT molecular complexity index is 543. The standard InChI is InChI=1S/C15H21N3O/c1-18-15-7-3-2-6-13(15)14(17-18)10-16-9-12-5-4-8-19-11-12/h2-3,6-7,12,16H,4-5,8-11H2,1H3. The zero-order valence-electron chi connectivity index (χ0n) is 11.4. The minimum Gasteiger partial charge on any atom is -0.381 e. The summed E-state index contributed by atoms with van der Waals surface area (Å²) in [5, 5.41) is 9.36. The lowest BCUT2D eigenvalue weighted by Crippen LogP contribution is -2.29. The molecular formula is C15H21N3O. The van der Waals surface area contributed by atoms with Crippen LogP contribution in [0.15, 0.2) is 24.3 Å². The molecule has 0 bridgehead atoms. The third-order valence-electron chi connectivity index (χ3n) is 3.81. The lowest BCUT2D eigenvalue weighted by molar-refractivity contribution is 0.0547. The molecule has 0 saturated carbocycles. The molecule has 0 aliphatic carbocycles. The molecule has 1 fully saturated rings. The van der Waals surface area contributed by atoms with Crippen LogP contribution in [0.5, 0.6) is 0 Å². The van der Waals surface area contributed by atoms with Crippen LogP contribution in [0.3, 0.4) is 0 Å². The minimum absolute atomic E-state index is 0.656. The molecule has 4 nitrogen and oxygen atoms in total. The van der Waals surface area contributed by atoms with Crippen molar-refractivity contribution in [3.63, 3.8) is 0 Å². The quantitative estimate of drug-likeness (QED) is 0.914. The Morgan fingerprint density at radius 3 is 3.16 bits per heavy atom. The fraction of sp³-hybridized carbons (Fsp3) is 0.533. The van der Waals surface area contributed by atoms with Gasteiger partial charge in [-0.15, -0.1) is 0 Å². The fourth-order valence-corrected chi connectivity index (χ4v) is 2.78. The van der Waals surface area contributed by atoms with E-state index in [4.69, 9.17) is 4.74 Å². The zero-order chi connectivity index (χ0) is 13.1. The minimum atomic E-state index is 0.656. The van der Waals surface area contributed by atoms with Gasteiger partial charge in [-0.2, -0.15) is 5.10 Å². The van der Waals surface area contributed by atoms with Crippen LogP contribution in [0.4, 0.5) is 0 Å². The molecule has 1 aromatic carbocycles. The van der Waals surface area contributed by atoms with Crippen molar-refractivity contribution >= 4 is 10.9 Å². The molecule has 0 amide bonds. The van der Waals surface area contributed by atoms with Crippen LogP contribution in [-0.4, -0.2) is 29.5 Å². The molecule has 0 spiro atoms. The van der Waals surface area contributed by atoms with Gasteiger partial charge in [0.15, 0.2) is 0 Å². The first-order valence-electron chi connectivity index (χ1n) is 7.03. The molecule has 1 aliphatic heterocycles. The van der Waals surface area contributed by atoms with Crippen molar-refractivity contribution < 1.29 is 4.74 Å². The SMILES string of the molecule is Cn1nc(CNCC2CCCOC2)c2ccccc21. The smallest absolute Gasteiger partial charge is 0.0841 e. The van der Waals surface area contributed by atoms with Gasteiger partial charge in [-0.05, 0) is 24.8 Å². The van der Waals surface area contributed by atoms with Crippen LogP contribution in [0.25, 0.3) is 10.9 Å². The van der Waals surface area contributed by atoms with E-state index in [0.717, 1.165) is 32.0 Å². The van der Waals surface area contributed by atoms with E-state index in [1.807, 2.05) is 11.7 Å². The summed E-state index contributed by atoms with van der Waals surface area (Å²) in [4.78, 5) is 0. The highest BCUT2D eigenvalue weighted by Crippen LogP contribution is 2.17. The number of fused-ring (bicyclic) bond motifs is 1. The molecule has 1 atom stereocenters. The van der Waals surface area contributed by atoms with E-state index in [1.54, 1.807) is 0 Å².